The monoisotopic (exact) mass is 157 g/mol. The summed E-state index contributed by atoms with van der Waals surface area (Å²) in [6, 6.07) is 0. The van der Waals surface area contributed by atoms with Gasteiger partial charge in [-0.3, -0.25) is 4.79 Å². The van der Waals surface area contributed by atoms with Crippen molar-refractivity contribution < 1.29 is 4.79 Å². The minimum atomic E-state index is -0.379. The number of anilines is 1. The third-order valence-electron chi connectivity index (χ3n) is 0.846. The molecule has 0 atom stereocenters. The van der Waals surface area contributed by atoms with Crippen LogP contribution in [-0.2, 0) is 4.79 Å². The summed E-state index contributed by atoms with van der Waals surface area (Å²) in [4.78, 5) is 14.1. The Labute approximate surface area is 62.1 Å². The Morgan fingerprint density at radius 2 is 2.70 bits per heavy atom. The molecule has 54 valence electrons. The zero-order valence-corrected chi connectivity index (χ0v) is 6.02. The highest BCUT2D eigenvalue weighted by molar-refractivity contribution is 7.13. The maximum atomic E-state index is 10.2. The van der Waals surface area contributed by atoms with E-state index in [4.69, 9.17) is 5.73 Å². The third kappa shape index (κ3) is 2.02. The standard InChI is InChI=1S/C5H7N3OS/c6-4(9)3-8-5-7-1-2-10-5/h1-2H,3H2,(H2,6,9)(H,7,8). The molecule has 0 spiro atoms. The predicted molar refractivity (Wildman–Crippen MR) is 39.8 cm³/mol. The Hall–Kier alpha value is -1.10. The summed E-state index contributed by atoms with van der Waals surface area (Å²) >= 11 is 1.43. The highest BCUT2D eigenvalue weighted by Gasteiger charge is 1.94. The van der Waals surface area contributed by atoms with E-state index in [1.807, 2.05) is 5.38 Å². The number of aromatic nitrogens is 1. The Bertz CT molecular complexity index is 209. The molecule has 0 radical (unpaired) electrons. The highest BCUT2D eigenvalue weighted by atomic mass is 32.1. The van der Waals surface area contributed by atoms with E-state index in [9.17, 15) is 4.79 Å². The number of rotatable bonds is 3. The number of amides is 1. The maximum Gasteiger partial charge on any atom is 0.236 e. The van der Waals surface area contributed by atoms with Gasteiger partial charge >= 0.3 is 0 Å². The predicted octanol–water partition coefficient (Wildman–Crippen LogP) is 0.0403. The molecule has 0 aliphatic heterocycles. The average molecular weight is 157 g/mol. The zero-order chi connectivity index (χ0) is 7.40. The Morgan fingerprint density at radius 3 is 3.20 bits per heavy atom. The van der Waals surface area contributed by atoms with Crippen molar-refractivity contribution >= 4 is 22.4 Å². The van der Waals surface area contributed by atoms with Gasteiger partial charge in [0, 0.05) is 11.6 Å². The Balaban J connectivity index is 2.35. The van der Waals surface area contributed by atoms with Crippen molar-refractivity contribution in [2.45, 2.75) is 0 Å². The van der Waals surface area contributed by atoms with Crippen LogP contribution in [0.4, 0.5) is 5.13 Å². The first-order valence-corrected chi connectivity index (χ1v) is 3.58. The van der Waals surface area contributed by atoms with Crippen LogP contribution in [0.25, 0.3) is 0 Å². The maximum absolute atomic E-state index is 10.2. The van der Waals surface area contributed by atoms with E-state index in [1.165, 1.54) is 11.3 Å². The van der Waals surface area contributed by atoms with Gasteiger partial charge in [0.1, 0.15) is 0 Å². The molecule has 0 bridgehead atoms. The molecular weight excluding hydrogens is 150 g/mol. The van der Waals surface area contributed by atoms with Gasteiger partial charge in [0.25, 0.3) is 0 Å². The van der Waals surface area contributed by atoms with Gasteiger partial charge in [-0.25, -0.2) is 4.98 Å². The average Bonchev–Trinajstić information content (AvgIpc) is 2.34. The van der Waals surface area contributed by atoms with Gasteiger partial charge in [0.05, 0.1) is 6.54 Å². The molecule has 0 fully saturated rings. The second-order valence-electron chi connectivity index (χ2n) is 1.66. The van der Waals surface area contributed by atoms with Crippen molar-refractivity contribution in [2.75, 3.05) is 11.9 Å². The first kappa shape index (κ1) is 7.01. The largest absolute Gasteiger partial charge is 0.368 e. The summed E-state index contributed by atoms with van der Waals surface area (Å²) in [5.41, 5.74) is 4.88. The zero-order valence-electron chi connectivity index (χ0n) is 5.20. The summed E-state index contributed by atoms with van der Waals surface area (Å²) in [6.45, 7) is 0.146. The number of primary amides is 1. The van der Waals surface area contributed by atoms with Crippen LogP contribution in [0.5, 0.6) is 0 Å². The van der Waals surface area contributed by atoms with Crippen molar-refractivity contribution in [2.24, 2.45) is 5.73 Å². The highest BCUT2D eigenvalue weighted by Crippen LogP contribution is 2.08. The van der Waals surface area contributed by atoms with Gasteiger partial charge in [0.2, 0.25) is 5.91 Å². The number of carbonyl (C=O) groups excluding carboxylic acids is 1. The lowest BCUT2D eigenvalue weighted by Gasteiger charge is -1.95. The Morgan fingerprint density at radius 1 is 1.90 bits per heavy atom. The van der Waals surface area contributed by atoms with Crippen LogP contribution in [0.3, 0.4) is 0 Å². The van der Waals surface area contributed by atoms with Gasteiger partial charge in [-0.1, -0.05) is 0 Å². The van der Waals surface area contributed by atoms with Crippen LogP contribution < -0.4 is 11.1 Å². The molecule has 0 saturated carbocycles. The number of hydrogen-bond acceptors (Lipinski definition) is 4. The second kappa shape index (κ2) is 3.17. The Kier molecular flexibility index (Phi) is 2.22. The van der Waals surface area contributed by atoms with Gasteiger partial charge in [0.15, 0.2) is 5.13 Å². The smallest absolute Gasteiger partial charge is 0.236 e. The molecule has 1 heterocycles. The fraction of sp³-hybridized carbons (Fsp3) is 0.200. The van der Waals surface area contributed by atoms with E-state index in [-0.39, 0.29) is 12.5 Å². The first-order chi connectivity index (χ1) is 4.79. The molecule has 0 aliphatic carbocycles. The molecule has 10 heavy (non-hydrogen) atoms. The van der Waals surface area contributed by atoms with Crippen molar-refractivity contribution in [3.8, 4) is 0 Å². The quantitative estimate of drug-likeness (QED) is 0.651. The van der Waals surface area contributed by atoms with Crippen molar-refractivity contribution in [1.82, 2.24) is 4.98 Å². The minimum absolute atomic E-state index is 0.146. The lowest BCUT2D eigenvalue weighted by Crippen LogP contribution is -2.21. The van der Waals surface area contributed by atoms with Gasteiger partial charge in [-0.05, 0) is 0 Å². The van der Waals surface area contributed by atoms with E-state index in [0.29, 0.717) is 0 Å². The molecule has 1 aromatic rings. The van der Waals surface area contributed by atoms with Crippen LogP contribution in [0.1, 0.15) is 0 Å². The first-order valence-electron chi connectivity index (χ1n) is 2.70. The lowest BCUT2D eigenvalue weighted by molar-refractivity contribution is -0.116. The van der Waals surface area contributed by atoms with E-state index in [1.54, 1.807) is 6.20 Å². The van der Waals surface area contributed by atoms with E-state index in [0.717, 1.165) is 5.13 Å². The SMILES string of the molecule is NC(=O)CNc1nccs1. The number of thiazole rings is 1. The number of hydrogen-bond donors (Lipinski definition) is 2. The van der Waals surface area contributed by atoms with Crippen LogP contribution in [0.2, 0.25) is 0 Å². The van der Waals surface area contributed by atoms with Crippen molar-refractivity contribution in [1.29, 1.82) is 0 Å². The lowest BCUT2D eigenvalue weighted by atomic mass is 10.6. The number of nitrogens with one attached hydrogen (secondary N) is 1. The number of nitrogens with zero attached hydrogens (tertiary/aromatic N) is 1. The van der Waals surface area contributed by atoms with E-state index < -0.39 is 0 Å². The molecule has 3 N–H and O–H groups in total. The second-order valence-corrected chi connectivity index (χ2v) is 2.55. The number of nitrogens with two attached hydrogens (primary N) is 1. The van der Waals surface area contributed by atoms with Crippen LogP contribution in [0.15, 0.2) is 11.6 Å². The van der Waals surface area contributed by atoms with Crippen LogP contribution >= 0.6 is 11.3 Å². The van der Waals surface area contributed by atoms with Crippen LogP contribution in [-0.4, -0.2) is 17.4 Å². The summed E-state index contributed by atoms with van der Waals surface area (Å²) in [5.74, 6) is -0.379. The molecule has 4 nitrogen and oxygen atoms in total. The normalized spacial score (nSPS) is 9.20. The summed E-state index contributed by atoms with van der Waals surface area (Å²) in [6.07, 6.45) is 1.66. The summed E-state index contributed by atoms with van der Waals surface area (Å²) in [7, 11) is 0. The van der Waals surface area contributed by atoms with Gasteiger partial charge < -0.3 is 11.1 Å². The molecule has 0 unspecified atom stereocenters. The van der Waals surface area contributed by atoms with Gasteiger partial charge in [-0.15, -0.1) is 11.3 Å². The fourth-order valence-electron chi connectivity index (χ4n) is 0.473. The van der Waals surface area contributed by atoms with Crippen LogP contribution in [0, 0.1) is 0 Å². The molecule has 5 heteroatoms. The molecule has 1 aromatic heterocycles. The molecule has 0 aliphatic rings. The minimum Gasteiger partial charge on any atom is -0.368 e. The molecule has 1 rings (SSSR count). The topological polar surface area (TPSA) is 68.0 Å². The molecule has 1 amide bonds. The number of carbonyl (C=O) groups is 1. The molecular formula is C5H7N3OS. The van der Waals surface area contributed by atoms with E-state index in [2.05, 4.69) is 10.3 Å². The summed E-state index contributed by atoms with van der Waals surface area (Å²) < 4.78 is 0. The van der Waals surface area contributed by atoms with Crippen molar-refractivity contribution in [3.63, 3.8) is 0 Å². The third-order valence-corrected chi connectivity index (χ3v) is 1.58. The van der Waals surface area contributed by atoms with Gasteiger partial charge in [-0.2, -0.15) is 0 Å². The molecule has 0 saturated heterocycles. The molecule has 0 aromatic carbocycles. The van der Waals surface area contributed by atoms with E-state index >= 15 is 0 Å². The summed E-state index contributed by atoms with van der Waals surface area (Å²) in [5, 5.41) is 5.30. The van der Waals surface area contributed by atoms with Crippen molar-refractivity contribution in [3.05, 3.63) is 11.6 Å². The fourth-order valence-corrected chi connectivity index (χ4v) is 1.00.